The van der Waals surface area contributed by atoms with Gasteiger partial charge in [0.25, 0.3) is 0 Å². The van der Waals surface area contributed by atoms with Gasteiger partial charge in [0.2, 0.25) is 0 Å². The Hall–Kier alpha value is -1.09. The second-order valence-corrected chi connectivity index (χ2v) is 8.66. The zero-order valence-electron chi connectivity index (χ0n) is 17.5. The lowest BCUT2D eigenvalue weighted by atomic mass is 10.1. The molecule has 0 bridgehead atoms. The highest BCUT2D eigenvalue weighted by Crippen LogP contribution is 2.25. The Bertz CT molecular complexity index is 594. The highest BCUT2D eigenvalue weighted by atomic mass is 79.9. The Morgan fingerprint density at radius 3 is 2.39 bits per heavy atom. The van der Waals surface area contributed by atoms with Crippen LogP contribution in [-0.2, 0) is 6.54 Å². The van der Waals surface area contributed by atoms with E-state index in [9.17, 15) is 0 Å². The van der Waals surface area contributed by atoms with Crippen LogP contribution in [-0.4, -0.2) is 49.1 Å². The SMILES string of the molecule is CCCCCCCCCOc1ccc(Br)cc1CN1CCN(CCC#N)CC1. The van der Waals surface area contributed by atoms with E-state index in [1.165, 1.54) is 44.1 Å². The van der Waals surface area contributed by atoms with Crippen LogP contribution in [0.15, 0.2) is 22.7 Å². The van der Waals surface area contributed by atoms with Gasteiger partial charge in [-0.2, -0.15) is 5.26 Å². The van der Waals surface area contributed by atoms with Crippen LogP contribution >= 0.6 is 15.9 Å². The van der Waals surface area contributed by atoms with Crippen molar-refractivity contribution in [1.29, 1.82) is 5.26 Å². The predicted molar refractivity (Wildman–Crippen MR) is 120 cm³/mol. The number of piperazine rings is 1. The smallest absolute Gasteiger partial charge is 0.123 e. The van der Waals surface area contributed by atoms with Gasteiger partial charge >= 0.3 is 0 Å². The molecule has 4 nitrogen and oxygen atoms in total. The summed E-state index contributed by atoms with van der Waals surface area (Å²) in [5.74, 6) is 1.03. The van der Waals surface area contributed by atoms with Crippen LogP contribution in [0.4, 0.5) is 0 Å². The fourth-order valence-corrected chi connectivity index (χ4v) is 4.08. The lowest BCUT2D eigenvalue weighted by molar-refractivity contribution is 0.128. The molecule has 0 spiro atoms. The van der Waals surface area contributed by atoms with Crippen LogP contribution in [0, 0.1) is 11.3 Å². The van der Waals surface area contributed by atoms with Crippen molar-refractivity contribution >= 4 is 15.9 Å². The molecule has 5 heteroatoms. The van der Waals surface area contributed by atoms with E-state index in [-0.39, 0.29) is 0 Å². The first-order valence-electron chi connectivity index (χ1n) is 11.0. The van der Waals surface area contributed by atoms with Crippen molar-refractivity contribution < 1.29 is 4.74 Å². The maximum atomic E-state index is 8.75. The Morgan fingerprint density at radius 2 is 1.68 bits per heavy atom. The summed E-state index contributed by atoms with van der Waals surface area (Å²) in [6, 6.07) is 8.61. The van der Waals surface area contributed by atoms with Gasteiger partial charge in [-0.1, -0.05) is 61.4 Å². The summed E-state index contributed by atoms with van der Waals surface area (Å²) in [5.41, 5.74) is 1.27. The number of unbranched alkanes of at least 4 members (excludes halogenated alkanes) is 6. The third kappa shape index (κ3) is 8.94. The minimum atomic E-state index is 0.627. The van der Waals surface area contributed by atoms with Crippen LogP contribution in [0.2, 0.25) is 0 Å². The zero-order chi connectivity index (χ0) is 20.0. The first-order chi connectivity index (χ1) is 13.7. The lowest BCUT2D eigenvalue weighted by Crippen LogP contribution is -2.46. The molecule has 0 atom stereocenters. The molecule has 1 aromatic carbocycles. The molecular formula is C23H36BrN3O. The largest absolute Gasteiger partial charge is 0.493 e. The monoisotopic (exact) mass is 449 g/mol. The Kier molecular flexibility index (Phi) is 11.6. The highest BCUT2D eigenvalue weighted by molar-refractivity contribution is 9.10. The molecule has 0 saturated carbocycles. The van der Waals surface area contributed by atoms with E-state index in [1.807, 2.05) is 0 Å². The molecule has 0 aromatic heterocycles. The average molecular weight is 450 g/mol. The molecule has 1 aliphatic rings. The summed E-state index contributed by atoms with van der Waals surface area (Å²) < 4.78 is 7.25. The minimum absolute atomic E-state index is 0.627. The molecule has 0 N–H and O–H groups in total. The second kappa shape index (κ2) is 14.0. The van der Waals surface area contributed by atoms with Crippen LogP contribution < -0.4 is 4.74 Å². The van der Waals surface area contributed by atoms with Gasteiger partial charge in [-0.25, -0.2) is 0 Å². The van der Waals surface area contributed by atoms with E-state index in [4.69, 9.17) is 10.00 Å². The topological polar surface area (TPSA) is 39.5 Å². The Morgan fingerprint density at radius 1 is 1.00 bits per heavy atom. The summed E-state index contributed by atoms with van der Waals surface area (Å²) in [5, 5.41) is 8.75. The summed E-state index contributed by atoms with van der Waals surface area (Å²) in [4.78, 5) is 4.88. The van der Waals surface area contributed by atoms with Crippen molar-refractivity contribution in [3.8, 4) is 11.8 Å². The van der Waals surface area contributed by atoms with Crippen molar-refractivity contribution in [3.63, 3.8) is 0 Å². The van der Waals surface area contributed by atoms with E-state index in [1.54, 1.807) is 0 Å². The third-order valence-electron chi connectivity index (χ3n) is 5.43. The number of rotatable bonds is 13. The predicted octanol–water partition coefficient (Wildman–Crippen LogP) is 5.61. The highest BCUT2D eigenvalue weighted by Gasteiger charge is 2.18. The van der Waals surface area contributed by atoms with Gasteiger partial charge in [0.15, 0.2) is 0 Å². The van der Waals surface area contributed by atoms with Gasteiger partial charge in [-0.3, -0.25) is 9.80 Å². The zero-order valence-corrected chi connectivity index (χ0v) is 19.1. The number of benzene rings is 1. The second-order valence-electron chi connectivity index (χ2n) is 7.75. The fraction of sp³-hybridized carbons (Fsp3) is 0.696. The molecule has 1 saturated heterocycles. The van der Waals surface area contributed by atoms with Crippen LogP contribution in [0.5, 0.6) is 5.75 Å². The fourth-order valence-electron chi connectivity index (χ4n) is 3.67. The van der Waals surface area contributed by atoms with Crippen molar-refractivity contribution in [3.05, 3.63) is 28.2 Å². The standard InChI is InChI=1S/C23H36BrN3O/c1-2-3-4-5-6-7-8-18-28-23-11-10-22(24)19-21(23)20-27-16-14-26(15-17-27)13-9-12-25/h10-11,19H,2-9,13-18,20H2,1H3. The van der Waals surface area contributed by atoms with Crippen LogP contribution in [0.3, 0.4) is 0 Å². The number of nitrogens with zero attached hydrogens (tertiary/aromatic N) is 3. The third-order valence-corrected chi connectivity index (χ3v) is 5.92. The summed E-state index contributed by atoms with van der Waals surface area (Å²) in [6.45, 7) is 9.09. The van der Waals surface area contributed by atoms with Gasteiger partial charge in [0, 0.05) is 55.7 Å². The molecule has 0 unspecified atom stereocenters. The van der Waals surface area contributed by atoms with Gasteiger partial charge in [-0.05, 0) is 24.6 Å². The quantitative estimate of drug-likeness (QED) is 0.366. The number of ether oxygens (including phenoxy) is 1. The van der Waals surface area contributed by atoms with E-state index in [0.717, 1.165) is 62.5 Å². The maximum Gasteiger partial charge on any atom is 0.123 e. The van der Waals surface area contributed by atoms with E-state index in [0.29, 0.717) is 6.42 Å². The van der Waals surface area contributed by atoms with E-state index >= 15 is 0 Å². The van der Waals surface area contributed by atoms with E-state index < -0.39 is 0 Å². The van der Waals surface area contributed by atoms with Gasteiger partial charge < -0.3 is 4.74 Å². The van der Waals surface area contributed by atoms with Crippen molar-refractivity contribution in [2.75, 3.05) is 39.3 Å². The van der Waals surface area contributed by atoms with Crippen molar-refractivity contribution in [2.24, 2.45) is 0 Å². The van der Waals surface area contributed by atoms with Crippen LogP contribution in [0.25, 0.3) is 0 Å². The normalized spacial score (nSPS) is 15.5. The summed E-state index contributed by atoms with van der Waals surface area (Å²) >= 11 is 3.61. The Balaban J connectivity index is 1.74. The molecule has 1 aliphatic heterocycles. The van der Waals surface area contributed by atoms with Gasteiger partial charge in [0.05, 0.1) is 12.7 Å². The average Bonchev–Trinajstić information content (AvgIpc) is 2.71. The number of halogens is 1. The lowest BCUT2D eigenvalue weighted by Gasteiger charge is -2.34. The number of nitriles is 1. The Labute approximate surface area is 180 Å². The molecule has 2 rings (SSSR count). The van der Waals surface area contributed by atoms with Crippen molar-refractivity contribution in [1.82, 2.24) is 9.80 Å². The number of hydrogen-bond acceptors (Lipinski definition) is 4. The number of hydrogen-bond donors (Lipinski definition) is 0. The minimum Gasteiger partial charge on any atom is -0.493 e. The van der Waals surface area contributed by atoms with E-state index in [2.05, 4.69) is 56.9 Å². The van der Waals surface area contributed by atoms with Gasteiger partial charge in [-0.15, -0.1) is 0 Å². The summed E-state index contributed by atoms with van der Waals surface area (Å²) in [6.07, 6.45) is 9.76. The molecule has 1 aromatic rings. The first-order valence-corrected chi connectivity index (χ1v) is 11.7. The molecule has 156 valence electrons. The van der Waals surface area contributed by atoms with Crippen molar-refractivity contribution in [2.45, 2.75) is 64.8 Å². The maximum absolute atomic E-state index is 8.75. The molecule has 1 heterocycles. The molecule has 28 heavy (non-hydrogen) atoms. The molecular weight excluding hydrogens is 414 g/mol. The summed E-state index contributed by atoms with van der Waals surface area (Å²) in [7, 11) is 0. The molecule has 0 radical (unpaired) electrons. The molecule has 1 fully saturated rings. The van der Waals surface area contributed by atoms with Crippen LogP contribution in [0.1, 0.15) is 63.9 Å². The first kappa shape index (κ1) is 23.2. The van der Waals surface area contributed by atoms with Gasteiger partial charge in [0.1, 0.15) is 5.75 Å². The molecule has 0 amide bonds. The molecule has 0 aliphatic carbocycles.